The molecule has 0 radical (unpaired) electrons. The summed E-state index contributed by atoms with van der Waals surface area (Å²) in [5.41, 5.74) is 0. The predicted octanol–water partition coefficient (Wildman–Crippen LogP) is 3.80. The Morgan fingerprint density at radius 2 is 2.24 bits per heavy atom. The maximum Gasteiger partial charge on any atom is 0.107 e. The minimum atomic E-state index is 0.628. The minimum absolute atomic E-state index is 0.628. The fourth-order valence-corrected chi connectivity index (χ4v) is 3.12. The SMILES string of the molecule is CCNCC1CCC(CC)CC1c1ccco1. The molecular weight excluding hydrogens is 210 g/mol. The minimum Gasteiger partial charge on any atom is -0.469 e. The molecule has 3 atom stereocenters. The summed E-state index contributed by atoms with van der Waals surface area (Å²) in [6.07, 6.45) is 7.17. The van der Waals surface area contributed by atoms with Gasteiger partial charge in [-0.2, -0.15) is 0 Å². The third-order valence-corrected chi connectivity index (χ3v) is 4.24. The first-order valence-corrected chi connectivity index (χ1v) is 7.09. The molecule has 0 bridgehead atoms. The lowest BCUT2D eigenvalue weighted by Gasteiger charge is -2.35. The lowest BCUT2D eigenvalue weighted by atomic mass is 9.72. The molecule has 2 heteroatoms. The van der Waals surface area contributed by atoms with Crippen molar-refractivity contribution in [2.75, 3.05) is 13.1 Å². The van der Waals surface area contributed by atoms with Crippen LogP contribution >= 0.6 is 0 Å². The van der Waals surface area contributed by atoms with Crippen molar-refractivity contribution >= 4 is 0 Å². The van der Waals surface area contributed by atoms with Crippen LogP contribution in [0.15, 0.2) is 22.8 Å². The van der Waals surface area contributed by atoms with Crippen molar-refractivity contribution in [3.63, 3.8) is 0 Å². The Hall–Kier alpha value is -0.760. The van der Waals surface area contributed by atoms with E-state index in [9.17, 15) is 0 Å². The van der Waals surface area contributed by atoms with Crippen LogP contribution in [0.3, 0.4) is 0 Å². The van der Waals surface area contributed by atoms with E-state index in [0.717, 1.165) is 24.9 Å². The van der Waals surface area contributed by atoms with Crippen molar-refractivity contribution in [2.24, 2.45) is 11.8 Å². The molecule has 3 unspecified atom stereocenters. The summed E-state index contributed by atoms with van der Waals surface area (Å²) in [6.45, 7) is 6.70. The Kier molecular flexibility index (Phi) is 4.66. The number of nitrogens with one attached hydrogen (secondary N) is 1. The van der Waals surface area contributed by atoms with Crippen molar-refractivity contribution in [1.82, 2.24) is 5.32 Å². The Morgan fingerprint density at radius 1 is 1.35 bits per heavy atom. The molecule has 0 saturated heterocycles. The van der Waals surface area contributed by atoms with Crippen LogP contribution in [-0.4, -0.2) is 13.1 Å². The first-order chi connectivity index (χ1) is 8.35. The Bertz CT molecular complexity index is 307. The smallest absolute Gasteiger partial charge is 0.107 e. The topological polar surface area (TPSA) is 25.2 Å². The van der Waals surface area contributed by atoms with Crippen LogP contribution in [-0.2, 0) is 0 Å². The van der Waals surface area contributed by atoms with Gasteiger partial charge in [0.1, 0.15) is 5.76 Å². The summed E-state index contributed by atoms with van der Waals surface area (Å²) in [6, 6.07) is 4.18. The second kappa shape index (κ2) is 6.25. The van der Waals surface area contributed by atoms with Crippen molar-refractivity contribution < 1.29 is 4.42 Å². The van der Waals surface area contributed by atoms with E-state index in [-0.39, 0.29) is 0 Å². The van der Waals surface area contributed by atoms with Crippen LogP contribution in [0.25, 0.3) is 0 Å². The first kappa shape index (κ1) is 12.7. The second-order valence-corrected chi connectivity index (χ2v) is 5.28. The molecule has 0 spiro atoms. The highest BCUT2D eigenvalue weighted by Crippen LogP contribution is 2.41. The van der Waals surface area contributed by atoms with Gasteiger partial charge in [0, 0.05) is 5.92 Å². The van der Waals surface area contributed by atoms with Crippen molar-refractivity contribution in [3.8, 4) is 0 Å². The fourth-order valence-electron chi connectivity index (χ4n) is 3.12. The molecule has 96 valence electrons. The quantitative estimate of drug-likeness (QED) is 0.839. The van der Waals surface area contributed by atoms with Crippen LogP contribution in [0, 0.1) is 11.8 Å². The van der Waals surface area contributed by atoms with Crippen LogP contribution < -0.4 is 5.32 Å². The maximum atomic E-state index is 5.65. The zero-order valence-electron chi connectivity index (χ0n) is 11.1. The molecule has 0 aromatic carbocycles. The predicted molar refractivity (Wildman–Crippen MR) is 71.1 cm³/mol. The van der Waals surface area contributed by atoms with Crippen LogP contribution in [0.4, 0.5) is 0 Å². The van der Waals surface area contributed by atoms with Crippen molar-refractivity contribution in [3.05, 3.63) is 24.2 Å². The van der Waals surface area contributed by atoms with E-state index in [1.165, 1.54) is 31.4 Å². The van der Waals surface area contributed by atoms with Crippen LogP contribution in [0.1, 0.15) is 51.2 Å². The molecule has 1 aliphatic carbocycles. The lowest BCUT2D eigenvalue weighted by Crippen LogP contribution is -2.31. The fraction of sp³-hybridized carbons (Fsp3) is 0.733. The molecule has 1 N–H and O–H groups in total. The van der Waals surface area contributed by atoms with E-state index in [1.54, 1.807) is 0 Å². The number of rotatable bonds is 5. The molecule has 17 heavy (non-hydrogen) atoms. The van der Waals surface area contributed by atoms with Gasteiger partial charge in [0.05, 0.1) is 6.26 Å². The van der Waals surface area contributed by atoms with Gasteiger partial charge in [0.25, 0.3) is 0 Å². The highest BCUT2D eigenvalue weighted by molar-refractivity contribution is 5.09. The molecule has 1 aromatic rings. The molecule has 2 nitrogen and oxygen atoms in total. The van der Waals surface area contributed by atoms with Gasteiger partial charge in [-0.15, -0.1) is 0 Å². The van der Waals surface area contributed by atoms with Crippen molar-refractivity contribution in [2.45, 2.75) is 45.4 Å². The summed E-state index contributed by atoms with van der Waals surface area (Å²) in [5, 5.41) is 3.50. The normalized spacial score (nSPS) is 29.4. The number of hydrogen-bond donors (Lipinski definition) is 1. The largest absolute Gasteiger partial charge is 0.469 e. The van der Waals surface area contributed by atoms with E-state index in [0.29, 0.717) is 5.92 Å². The van der Waals surface area contributed by atoms with Gasteiger partial charge >= 0.3 is 0 Å². The average Bonchev–Trinajstić information content (AvgIpc) is 2.90. The van der Waals surface area contributed by atoms with Crippen molar-refractivity contribution in [1.29, 1.82) is 0 Å². The monoisotopic (exact) mass is 235 g/mol. The van der Waals surface area contributed by atoms with Gasteiger partial charge in [-0.3, -0.25) is 0 Å². The Morgan fingerprint density at radius 3 is 2.88 bits per heavy atom. The molecule has 0 amide bonds. The highest BCUT2D eigenvalue weighted by Gasteiger charge is 2.32. The van der Waals surface area contributed by atoms with Gasteiger partial charge in [-0.25, -0.2) is 0 Å². The molecule has 1 saturated carbocycles. The molecular formula is C15H25NO. The maximum absolute atomic E-state index is 5.65. The summed E-state index contributed by atoms with van der Waals surface area (Å²) < 4.78 is 5.65. The summed E-state index contributed by atoms with van der Waals surface area (Å²) in [4.78, 5) is 0. The summed E-state index contributed by atoms with van der Waals surface area (Å²) in [7, 11) is 0. The van der Waals surface area contributed by atoms with Gasteiger partial charge in [-0.05, 0) is 49.9 Å². The van der Waals surface area contributed by atoms with E-state index in [4.69, 9.17) is 4.42 Å². The number of hydrogen-bond acceptors (Lipinski definition) is 2. The molecule has 0 aliphatic heterocycles. The second-order valence-electron chi connectivity index (χ2n) is 5.28. The highest BCUT2D eigenvalue weighted by atomic mass is 16.3. The van der Waals surface area contributed by atoms with Crippen LogP contribution in [0.2, 0.25) is 0 Å². The molecule has 2 rings (SSSR count). The van der Waals surface area contributed by atoms with E-state index < -0.39 is 0 Å². The molecule has 1 fully saturated rings. The summed E-state index contributed by atoms with van der Waals surface area (Å²) in [5.74, 6) is 3.47. The summed E-state index contributed by atoms with van der Waals surface area (Å²) >= 11 is 0. The van der Waals surface area contributed by atoms with E-state index in [2.05, 4.69) is 25.2 Å². The zero-order chi connectivity index (χ0) is 12.1. The molecule has 1 aliphatic rings. The number of furan rings is 1. The lowest BCUT2D eigenvalue weighted by molar-refractivity contribution is 0.206. The van der Waals surface area contributed by atoms with E-state index in [1.807, 2.05) is 12.3 Å². The molecule has 1 heterocycles. The third-order valence-electron chi connectivity index (χ3n) is 4.24. The molecule has 1 aromatic heterocycles. The van der Waals surface area contributed by atoms with Gasteiger partial charge in [-0.1, -0.05) is 26.7 Å². The van der Waals surface area contributed by atoms with E-state index >= 15 is 0 Å². The Labute approximate surface area is 105 Å². The van der Waals surface area contributed by atoms with Crippen LogP contribution in [0.5, 0.6) is 0 Å². The third kappa shape index (κ3) is 3.12. The zero-order valence-corrected chi connectivity index (χ0v) is 11.1. The Balaban J connectivity index is 2.04. The van der Waals surface area contributed by atoms with Gasteiger partial charge < -0.3 is 9.73 Å². The standard InChI is InChI=1S/C15H25NO/c1-3-12-7-8-13(11-16-4-2)14(10-12)15-6-5-9-17-15/h5-6,9,12-14,16H,3-4,7-8,10-11H2,1-2H3. The van der Waals surface area contributed by atoms with Gasteiger partial charge in [0.2, 0.25) is 0 Å². The first-order valence-electron chi connectivity index (χ1n) is 7.09. The average molecular weight is 235 g/mol. The van der Waals surface area contributed by atoms with Gasteiger partial charge in [0.15, 0.2) is 0 Å².